The minimum absolute atomic E-state index is 0.124. The smallest absolute Gasteiger partial charge is 0.0991 e. The lowest BCUT2D eigenvalue weighted by molar-refractivity contribution is 0.660. The number of anilines is 3. The second kappa shape index (κ2) is 17.3. The van der Waals surface area contributed by atoms with Crippen LogP contribution in [0.2, 0.25) is 0 Å². The number of nitrogens with zero attached hydrogens (tertiary/aromatic N) is 2. The molecule has 12 aromatic carbocycles. The van der Waals surface area contributed by atoms with Crippen LogP contribution in [0.4, 0.5) is 17.1 Å². The molecule has 2 nitrogen and oxygen atoms in total. The molecule has 0 heterocycles. The standard InChI is InChI=1S/C70H48N2/c1-70(2)66-22-12-11-17-59(66)60-40-39-55(44-67(60)70)72(54-37-29-48(45-71)30-38-54)53-35-27-47(28-36-53)24-23-46-25-31-50(32-26-46)68-61-18-7-9-20-63(61)69(64-21-10-8-19-62(64)68)65-42-41-56(57-15-5-6-16-58(57)65)52-34-33-49-13-3-4-14-51(49)43-52/h3-44H,1-2H3. The summed E-state index contributed by atoms with van der Waals surface area (Å²) in [5.41, 5.74) is 18.6. The van der Waals surface area contributed by atoms with Crippen molar-refractivity contribution >= 4 is 72.3 Å². The minimum Gasteiger partial charge on any atom is -0.310 e. The lowest BCUT2D eigenvalue weighted by Crippen LogP contribution is -2.16. The Morgan fingerprint density at radius 2 is 0.833 bits per heavy atom. The molecule has 1 aliphatic carbocycles. The molecule has 338 valence electrons. The van der Waals surface area contributed by atoms with Crippen LogP contribution in [-0.4, -0.2) is 0 Å². The van der Waals surface area contributed by atoms with Gasteiger partial charge in [0.25, 0.3) is 0 Å². The molecule has 0 radical (unpaired) electrons. The summed E-state index contributed by atoms with van der Waals surface area (Å²) in [4.78, 5) is 2.29. The molecule has 0 amide bonds. The largest absolute Gasteiger partial charge is 0.310 e. The highest BCUT2D eigenvalue weighted by Crippen LogP contribution is 2.51. The third kappa shape index (κ3) is 7.17. The highest BCUT2D eigenvalue weighted by Gasteiger charge is 2.35. The molecule has 72 heavy (non-hydrogen) atoms. The van der Waals surface area contributed by atoms with Crippen LogP contribution in [0.3, 0.4) is 0 Å². The molecule has 2 heteroatoms. The Morgan fingerprint density at radius 3 is 1.49 bits per heavy atom. The maximum atomic E-state index is 9.61. The summed E-state index contributed by atoms with van der Waals surface area (Å²) in [6.07, 6.45) is 4.39. The molecule has 0 bridgehead atoms. The third-order valence-electron chi connectivity index (χ3n) is 15.1. The molecule has 1 aliphatic rings. The molecular formula is C70H48N2. The Bertz CT molecular complexity index is 4110. The summed E-state index contributed by atoms with van der Waals surface area (Å²) in [6.45, 7) is 4.64. The lowest BCUT2D eigenvalue weighted by atomic mass is 9.82. The Balaban J connectivity index is 0.827. The van der Waals surface area contributed by atoms with Crippen molar-refractivity contribution in [1.29, 1.82) is 5.26 Å². The van der Waals surface area contributed by atoms with Gasteiger partial charge in [0, 0.05) is 22.5 Å². The van der Waals surface area contributed by atoms with Crippen LogP contribution in [0.5, 0.6) is 0 Å². The lowest BCUT2D eigenvalue weighted by Gasteiger charge is -2.28. The van der Waals surface area contributed by atoms with Crippen LogP contribution in [0.25, 0.3) is 99.7 Å². The summed E-state index contributed by atoms with van der Waals surface area (Å²) >= 11 is 0. The maximum absolute atomic E-state index is 9.61. The molecule has 0 aromatic heterocycles. The van der Waals surface area contributed by atoms with E-state index in [4.69, 9.17) is 0 Å². The van der Waals surface area contributed by atoms with Crippen molar-refractivity contribution in [3.63, 3.8) is 0 Å². The van der Waals surface area contributed by atoms with Crippen molar-refractivity contribution in [2.75, 3.05) is 4.90 Å². The Labute approximate surface area is 420 Å². The summed E-state index contributed by atoms with van der Waals surface area (Å²) in [6, 6.07) is 90.3. The van der Waals surface area contributed by atoms with E-state index in [2.05, 4.69) is 255 Å². The summed E-state index contributed by atoms with van der Waals surface area (Å²) in [7, 11) is 0. The van der Waals surface area contributed by atoms with Crippen molar-refractivity contribution in [2.24, 2.45) is 0 Å². The van der Waals surface area contributed by atoms with E-state index in [-0.39, 0.29) is 5.41 Å². The van der Waals surface area contributed by atoms with Gasteiger partial charge in [0.2, 0.25) is 0 Å². The maximum Gasteiger partial charge on any atom is 0.0991 e. The fourth-order valence-corrected chi connectivity index (χ4v) is 11.5. The van der Waals surface area contributed by atoms with Gasteiger partial charge in [-0.2, -0.15) is 5.26 Å². The van der Waals surface area contributed by atoms with E-state index in [9.17, 15) is 5.26 Å². The zero-order chi connectivity index (χ0) is 48.3. The van der Waals surface area contributed by atoms with Gasteiger partial charge in [0.15, 0.2) is 0 Å². The quantitative estimate of drug-likeness (QED) is 0.112. The highest BCUT2D eigenvalue weighted by atomic mass is 15.1. The van der Waals surface area contributed by atoms with E-state index in [1.807, 2.05) is 24.3 Å². The van der Waals surface area contributed by atoms with Crippen molar-refractivity contribution in [3.05, 3.63) is 270 Å². The second-order valence-electron chi connectivity index (χ2n) is 19.6. The van der Waals surface area contributed by atoms with Crippen LogP contribution < -0.4 is 4.90 Å². The van der Waals surface area contributed by atoms with E-state index in [0.29, 0.717) is 5.56 Å². The number of fused-ring (bicyclic) bond motifs is 7. The molecule has 0 unspecified atom stereocenters. The molecule has 0 spiro atoms. The van der Waals surface area contributed by atoms with E-state index < -0.39 is 0 Å². The van der Waals surface area contributed by atoms with E-state index in [0.717, 1.165) is 28.2 Å². The van der Waals surface area contributed by atoms with Crippen LogP contribution in [0, 0.1) is 11.3 Å². The first-order chi connectivity index (χ1) is 35.4. The fourth-order valence-electron chi connectivity index (χ4n) is 11.5. The van der Waals surface area contributed by atoms with Crippen LogP contribution in [0.15, 0.2) is 243 Å². The predicted molar refractivity (Wildman–Crippen MR) is 305 cm³/mol. The van der Waals surface area contributed by atoms with Gasteiger partial charge >= 0.3 is 0 Å². The monoisotopic (exact) mass is 916 g/mol. The van der Waals surface area contributed by atoms with Gasteiger partial charge in [0.1, 0.15) is 0 Å². The van der Waals surface area contributed by atoms with Gasteiger partial charge in [-0.1, -0.05) is 214 Å². The van der Waals surface area contributed by atoms with Gasteiger partial charge < -0.3 is 4.90 Å². The van der Waals surface area contributed by atoms with E-state index >= 15 is 0 Å². The molecule has 0 saturated carbocycles. The van der Waals surface area contributed by atoms with E-state index in [1.54, 1.807) is 0 Å². The van der Waals surface area contributed by atoms with Crippen LogP contribution in [-0.2, 0) is 5.41 Å². The first kappa shape index (κ1) is 42.8. The molecule has 0 saturated heterocycles. The zero-order valence-electron chi connectivity index (χ0n) is 40.1. The molecule has 13 rings (SSSR count). The third-order valence-corrected chi connectivity index (χ3v) is 15.1. The van der Waals surface area contributed by atoms with Crippen molar-refractivity contribution in [3.8, 4) is 50.6 Å². The summed E-state index contributed by atoms with van der Waals surface area (Å²) in [5, 5.41) is 19.6. The number of benzene rings is 12. The SMILES string of the molecule is CC1(C)c2ccccc2-c2ccc(N(c3ccc(C#N)cc3)c3ccc(C=Cc4ccc(-c5c6ccccc6c(-c6ccc(-c7ccc8ccccc8c7)c7ccccc67)c6ccccc56)cc4)cc3)cc21. The van der Waals surface area contributed by atoms with Gasteiger partial charge in [-0.15, -0.1) is 0 Å². The van der Waals surface area contributed by atoms with E-state index in [1.165, 1.54) is 98.7 Å². The number of rotatable bonds is 8. The van der Waals surface area contributed by atoms with Gasteiger partial charge in [0.05, 0.1) is 11.6 Å². The van der Waals surface area contributed by atoms with Gasteiger partial charge in [-0.05, 0) is 164 Å². The number of hydrogen-bond acceptors (Lipinski definition) is 2. The predicted octanol–water partition coefficient (Wildman–Crippen LogP) is 19.1. The van der Waals surface area contributed by atoms with Crippen molar-refractivity contribution < 1.29 is 0 Å². The first-order valence-corrected chi connectivity index (χ1v) is 24.8. The van der Waals surface area contributed by atoms with Crippen LogP contribution >= 0.6 is 0 Å². The van der Waals surface area contributed by atoms with Crippen LogP contribution in [0.1, 0.15) is 41.7 Å². The van der Waals surface area contributed by atoms with Crippen molar-refractivity contribution in [1.82, 2.24) is 0 Å². The minimum atomic E-state index is -0.124. The molecule has 12 aromatic rings. The zero-order valence-corrected chi connectivity index (χ0v) is 40.1. The fraction of sp³-hybridized carbons (Fsp3) is 0.0429. The first-order valence-electron chi connectivity index (χ1n) is 24.8. The normalized spacial score (nSPS) is 12.6. The topological polar surface area (TPSA) is 27.0 Å². The molecule has 0 N–H and O–H groups in total. The Hall–Kier alpha value is -9.29. The average molecular weight is 917 g/mol. The highest BCUT2D eigenvalue weighted by molar-refractivity contribution is 6.24. The molecule has 0 aliphatic heterocycles. The summed E-state index contributed by atoms with van der Waals surface area (Å²) in [5.74, 6) is 0. The Morgan fingerprint density at radius 1 is 0.361 bits per heavy atom. The molecule has 0 fully saturated rings. The molecular weight excluding hydrogens is 869 g/mol. The van der Waals surface area contributed by atoms with Gasteiger partial charge in [-0.25, -0.2) is 0 Å². The van der Waals surface area contributed by atoms with Crippen molar-refractivity contribution in [2.45, 2.75) is 19.3 Å². The van der Waals surface area contributed by atoms with Gasteiger partial charge in [-0.3, -0.25) is 0 Å². The second-order valence-corrected chi connectivity index (χ2v) is 19.6. The average Bonchev–Trinajstić information content (AvgIpc) is 3.67. The number of hydrogen-bond donors (Lipinski definition) is 0. The number of nitriles is 1. The summed E-state index contributed by atoms with van der Waals surface area (Å²) < 4.78 is 0. The Kier molecular flexibility index (Phi) is 10.3. The molecule has 0 atom stereocenters.